The topological polar surface area (TPSA) is 58.5 Å². The van der Waals surface area contributed by atoms with Crippen molar-refractivity contribution in [3.63, 3.8) is 0 Å². The van der Waals surface area contributed by atoms with Crippen molar-refractivity contribution >= 4 is 17.3 Å². The van der Waals surface area contributed by atoms with Gasteiger partial charge in [-0.15, -0.1) is 11.3 Å². The van der Waals surface area contributed by atoms with Gasteiger partial charge in [0.05, 0.1) is 24.8 Å². The van der Waals surface area contributed by atoms with Crippen molar-refractivity contribution in [3.05, 3.63) is 52.0 Å². The van der Waals surface area contributed by atoms with Gasteiger partial charge in [-0.2, -0.15) is 0 Å². The molecule has 2 N–H and O–H groups in total. The Morgan fingerprint density at radius 3 is 2.79 bits per heavy atom. The molecule has 5 nitrogen and oxygen atoms in total. The second-order valence-electron chi connectivity index (χ2n) is 5.34. The van der Waals surface area contributed by atoms with Gasteiger partial charge in [-0.3, -0.25) is 4.99 Å². The Balaban J connectivity index is 1.66. The van der Waals surface area contributed by atoms with E-state index >= 15 is 0 Å². The van der Waals surface area contributed by atoms with Gasteiger partial charge in [-0.25, -0.2) is 4.98 Å². The lowest BCUT2D eigenvalue weighted by Gasteiger charge is -2.10. The van der Waals surface area contributed by atoms with Crippen molar-refractivity contribution in [3.8, 4) is 0 Å². The summed E-state index contributed by atoms with van der Waals surface area (Å²) in [5.41, 5.74) is 1.19. The van der Waals surface area contributed by atoms with Gasteiger partial charge in [-0.05, 0) is 19.4 Å². The zero-order valence-corrected chi connectivity index (χ0v) is 15.2. The summed E-state index contributed by atoms with van der Waals surface area (Å²) in [6, 6.07) is 10.2. The molecule has 0 saturated carbocycles. The van der Waals surface area contributed by atoms with E-state index in [1.807, 2.05) is 24.4 Å². The minimum absolute atomic E-state index is 0.608. The molecule has 2 rings (SSSR count). The van der Waals surface area contributed by atoms with Crippen molar-refractivity contribution in [2.45, 2.75) is 26.9 Å². The molecule has 0 aliphatic carbocycles. The molecule has 2 aromatic rings. The number of ether oxygens (including phenoxy) is 1. The van der Waals surface area contributed by atoms with Gasteiger partial charge in [0.2, 0.25) is 0 Å². The maximum Gasteiger partial charge on any atom is 0.191 e. The van der Waals surface area contributed by atoms with Crippen LogP contribution in [-0.4, -0.2) is 37.2 Å². The van der Waals surface area contributed by atoms with E-state index in [-0.39, 0.29) is 0 Å². The highest BCUT2D eigenvalue weighted by Crippen LogP contribution is 2.10. The second kappa shape index (κ2) is 10.8. The van der Waals surface area contributed by atoms with Crippen molar-refractivity contribution in [2.75, 3.05) is 26.2 Å². The number of aromatic nitrogens is 1. The predicted octanol–water partition coefficient (Wildman–Crippen LogP) is 2.77. The van der Waals surface area contributed by atoms with Crippen molar-refractivity contribution in [1.82, 2.24) is 15.6 Å². The standard InChI is InChI=1S/C18H26N4OS/c1-3-19-18(20-10-9-17-22-13-15(2)24-17)21-11-12-23-14-16-7-5-4-6-8-16/h4-8,13H,3,9-12,14H2,1-2H3,(H2,19,20,21). The molecule has 130 valence electrons. The molecule has 0 radical (unpaired) electrons. The second-order valence-corrected chi connectivity index (χ2v) is 6.66. The van der Waals surface area contributed by atoms with E-state index in [2.05, 4.69) is 46.6 Å². The van der Waals surface area contributed by atoms with Crippen molar-refractivity contribution in [2.24, 2.45) is 4.99 Å². The Morgan fingerprint density at radius 2 is 2.08 bits per heavy atom. The highest BCUT2D eigenvalue weighted by molar-refractivity contribution is 7.11. The number of thiazole rings is 1. The molecule has 0 aliphatic heterocycles. The van der Waals surface area contributed by atoms with E-state index in [1.54, 1.807) is 11.3 Å². The van der Waals surface area contributed by atoms with Crippen LogP contribution in [0.5, 0.6) is 0 Å². The Hall–Kier alpha value is -1.92. The van der Waals surface area contributed by atoms with E-state index in [0.29, 0.717) is 19.8 Å². The number of rotatable bonds is 9. The molecule has 0 saturated heterocycles. The van der Waals surface area contributed by atoms with E-state index in [0.717, 1.165) is 30.5 Å². The third-order valence-corrected chi connectivity index (χ3v) is 4.23. The van der Waals surface area contributed by atoms with E-state index in [4.69, 9.17) is 4.74 Å². The molecule has 0 spiro atoms. The number of hydrogen-bond donors (Lipinski definition) is 2. The molecular formula is C18H26N4OS. The first-order valence-corrected chi connectivity index (χ1v) is 9.14. The van der Waals surface area contributed by atoms with Crippen LogP contribution in [-0.2, 0) is 17.8 Å². The van der Waals surface area contributed by atoms with Gasteiger partial charge in [0.1, 0.15) is 0 Å². The quantitative estimate of drug-likeness (QED) is 0.416. The molecule has 1 aromatic heterocycles. The fourth-order valence-electron chi connectivity index (χ4n) is 2.13. The summed E-state index contributed by atoms with van der Waals surface area (Å²) in [5.74, 6) is 0.828. The Morgan fingerprint density at radius 1 is 1.25 bits per heavy atom. The van der Waals surface area contributed by atoms with Crippen LogP contribution in [0.25, 0.3) is 0 Å². The summed E-state index contributed by atoms with van der Waals surface area (Å²) < 4.78 is 5.65. The minimum Gasteiger partial charge on any atom is -0.375 e. The summed E-state index contributed by atoms with van der Waals surface area (Å²) in [6.07, 6.45) is 2.83. The van der Waals surface area contributed by atoms with Crippen LogP contribution in [0, 0.1) is 6.92 Å². The van der Waals surface area contributed by atoms with Gasteiger partial charge >= 0.3 is 0 Å². The van der Waals surface area contributed by atoms with Crippen LogP contribution >= 0.6 is 11.3 Å². The molecule has 0 aliphatic rings. The molecular weight excluding hydrogens is 320 g/mol. The summed E-state index contributed by atoms with van der Waals surface area (Å²) >= 11 is 1.74. The molecule has 6 heteroatoms. The van der Waals surface area contributed by atoms with Gasteiger partial charge < -0.3 is 15.4 Å². The van der Waals surface area contributed by atoms with Crippen LogP contribution in [0.2, 0.25) is 0 Å². The van der Waals surface area contributed by atoms with Crippen LogP contribution in [0.15, 0.2) is 41.5 Å². The fourth-order valence-corrected chi connectivity index (χ4v) is 2.92. The van der Waals surface area contributed by atoms with Crippen molar-refractivity contribution in [1.29, 1.82) is 0 Å². The lowest BCUT2D eigenvalue weighted by Crippen LogP contribution is -2.38. The lowest BCUT2D eigenvalue weighted by atomic mass is 10.2. The third-order valence-electron chi connectivity index (χ3n) is 3.26. The third kappa shape index (κ3) is 7.10. The smallest absolute Gasteiger partial charge is 0.191 e. The Kier molecular flexibility index (Phi) is 8.27. The highest BCUT2D eigenvalue weighted by atomic mass is 32.1. The largest absolute Gasteiger partial charge is 0.375 e. The number of hydrogen-bond acceptors (Lipinski definition) is 4. The van der Waals surface area contributed by atoms with Gasteiger partial charge in [-0.1, -0.05) is 30.3 Å². The maximum absolute atomic E-state index is 5.65. The number of benzene rings is 1. The molecule has 0 unspecified atom stereocenters. The van der Waals surface area contributed by atoms with Crippen LogP contribution in [0.3, 0.4) is 0 Å². The zero-order chi connectivity index (χ0) is 17.0. The molecule has 24 heavy (non-hydrogen) atoms. The number of aliphatic imine (C=N–C) groups is 1. The van der Waals surface area contributed by atoms with Crippen LogP contribution in [0.4, 0.5) is 0 Å². The highest BCUT2D eigenvalue weighted by Gasteiger charge is 2.00. The Bertz CT molecular complexity index is 612. The summed E-state index contributed by atoms with van der Waals surface area (Å²) in [5, 5.41) is 7.74. The average molecular weight is 347 g/mol. The van der Waals surface area contributed by atoms with E-state index in [9.17, 15) is 0 Å². The zero-order valence-electron chi connectivity index (χ0n) is 14.4. The number of nitrogens with one attached hydrogen (secondary N) is 2. The summed E-state index contributed by atoms with van der Waals surface area (Å²) in [4.78, 5) is 10.2. The number of guanidine groups is 1. The predicted molar refractivity (Wildman–Crippen MR) is 101 cm³/mol. The summed E-state index contributed by atoms with van der Waals surface area (Å²) in [7, 11) is 0. The number of nitrogens with zero attached hydrogens (tertiary/aromatic N) is 2. The SMILES string of the molecule is CCNC(=NCCOCc1ccccc1)NCCc1ncc(C)s1. The molecule has 0 atom stereocenters. The molecule has 1 heterocycles. The van der Waals surface area contributed by atoms with Gasteiger partial charge in [0, 0.05) is 30.6 Å². The first-order chi connectivity index (χ1) is 11.8. The summed E-state index contributed by atoms with van der Waals surface area (Å²) in [6.45, 7) is 7.68. The Labute approximate surface area is 148 Å². The van der Waals surface area contributed by atoms with Gasteiger partial charge in [0.25, 0.3) is 0 Å². The normalized spacial score (nSPS) is 11.5. The van der Waals surface area contributed by atoms with Crippen LogP contribution in [0.1, 0.15) is 22.4 Å². The van der Waals surface area contributed by atoms with Crippen LogP contribution < -0.4 is 10.6 Å². The monoisotopic (exact) mass is 346 g/mol. The van der Waals surface area contributed by atoms with E-state index < -0.39 is 0 Å². The van der Waals surface area contributed by atoms with Gasteiger partial charge in [0.15, 0.2) is 5.96 Å². The first kappa shape index (κ1) is 18.4. The fraction of sp³-hybridized carbons (Fsp3) is 0.444. The maximum atomic E-state index is 5.65. The number of aryl methyl sites for hydroxylation is 1. The molecule has 1 aromatic carbocycles. The molecule has 0 fully saturated rings. The lowest BCUT2D eigenvalue weighted by molar-refractivity contribution is 0.128. The first-order valence-electron chi connectivity index (χ1n) is 8.33. The van der Waals surface area contributed by atoms with Crippen molar-refractivity contribution < 1.29 is 4.74 Å². The molecule has 0 bridgehead atoms. The minimum atomic E-state index is 0.608. The van der Waals surface area contributed by atoms with E-state index in [1.165, 1.54) is 10.4 Å². The molecule has 0 amide bonds. The average Bonchev–Trinajstić information content (AvgIpc) is 3.01.